The van der Waals surface area contributed by atoms with Gasteiger partial charge in [0.05, 0.1) is 19.2 Å². The summed E-state index contributed by atoms with van der Waals surface area (Å²) in [5.41, 5.74) is 3.45. The summed E-state index contributed by atoms with van der Waals surface area (Å²) in [5, 5.41) is 0.350. The number of carbonyl (C=O) groups is 1. The number of Topliss-reactive ketones (excluding diaryl/α,β-unsaturated/α-hetero) is 1. The standard InChI is InChI=1S/C23H28ClNO3/c1-5-6-15(2)14-25-9-7-16(8-10-25)11-18-12-17-13-19(27-3)23(28-4)21(24)20(17)22(18)26/h5-6,11,13,16H,2,7-10,12,14H2,1,3-4H3/b6-5-,18-11+. The minimum absolute atomic E-state index is 0.0184. The Bertz CT molecular complexity index is 833. The molecule has 1 fully saturated rings. The number of allylic oxidation sites excluding steroid dienone is 3. The highest BCUT2D eigenvalue weighted by Gasteiger charge is 2.32. The Morgan fingerprint density at radius 2 is 2.04 bits per heavy atom. The van der Waals surface area contributed by atoms with E-state index < -0.39 is 0 Å². The molecule has 0 spiro atoms. The van der Waals surface area contributed by atoms with Crippen molar-refractivity contribution in [3.05, 3.63) is 58.2 Å². The van der Waals surface area contributed by atoms with Crippen LogP contribution in [0.15, 0.2) is 42.0 Å². The van der Waals surface area contributed by atoms with E-state index in [9.17, 15) is 4.79 Å². The van der Waals surface area contributed by atoms with E-state index in [0.29, 0.717) is 34.4 Å². The van der Waals surface area contributed by atoms with Crippen LogP contribution in [0.5, 0.6) is 11.5 Å². The summed E-state index contributed by atoms with van der Waals surface area (Å²) in [6, 6.07) is 1.87. The van der Waals surface area contributed by atoms with Crippen molar-refractivity contribution in [1.29, 1.82) is 0 Å². The average molecular weight is 402 g/mol. The molecule has 0 saturated carbocycles. The zero-order valence-electron chi connectivity index (χ0n) is 16.9. The summed E-state index contributed by atoms with van der Waals surface area (Å²) in [6.07, 6.45) is 8.96. The predicted molar refractivity (Wildman–Crippen MR) is 114 cm³/mol. The molecule has 150 valence electrons. The summed E-state index contributed by atoms with van der Waals surface area (Å²) in [6.45, 7) is 9.06. The van der Waals surface area contributed by atoms with E-state index >= 15 is 0 Å². The molecular weight excluding hydrogens is 374 g/mol. The Kier molecular flexibility index (Phi) is 6.63. The van der Waals surface area contributed by atoms with Gasteiger partial charge in [0.25, 0.3) is 0 Å². The molecule has 0 unspecified atom stereocenters. The molecule has 0 aromatic heterocycles. The molecule has 1 aromatic carbocycles. The van der Waals surface area contributed by atoms with E-state index in [0.717, 1.165) is 49.2 Å². The Balaban J connectivity index is 1.70. The number of carbonyl (C=O) groups excluding carboxylic acids is 1. The fraction of sp³-hybridized carbons (Fsp3) is 0.435. The number of methoxy groups -OCH3 is 2. The number of benzene rings is 1. The van der Waals surface area contributed by atoms with Gasteiger partial charge in [0.1, 0.15) is 0 Å². The smallest absolute Gasteiger partial charge is 0.190 e. The minimum Gasteiger partial charge on any atom is -0.493 e. The highest BCUT2D eigenvalue weighted by molar-refractivity contribution is 6.37. The van der Waals surface area contributed by atoms with Gasteiger partial charge in [-0.15, -0.1) is 0 Å². The Morgan fingerprint density at radius 1 is 1.32 bits per heavy atom. The number of likely N-dealkylation sites (tertiary alicyclic amines) is 1. The van der Waals surface area contributed by atoms with Crippen molar-refractivity contribution in [2.24, 2.45) is 5.92 Å². The number of ether oxygens (including phenoxy) is 2. The number of fused-ring (bicyclic) bond motifs is 1. The van der Waals surface area contributed by atoms with E-state index in [-0.39, 0.29) is 5.78 Å². The van der Waals surface area contributed by atoms with Gasteiger partial charge in [0.15, 0.2) is 17.3 Å². The molecule has 2 aliphatic rings. The number of hydrogen-bond donors (Lipinski definition) is 0. The van der Waals surface area contributed by atoms with Crippen molar-refractivity contribution in [3.63, 3.8) is 0 Å². The lowest BCUT2D eigenvalue weighted by molar-refractivity contribution is 0.103. The molecule has 3 rings (SSSR count). The molecule has 1 heterocycles. The van der Waals surface area contributed by atoms with Crippen LogP contribution in [0.4, 0.5) is 0 Å². The summed E-state index contributed by atoms with van der Waals surface area (Å²) < 4.78 is 10.7. The van der Waals surface area contributed by atoms with Gasteiger partial charge in [0.2, 0.25) is 0 Å². The van der Waals surface area contributed by atoms with E-state index in [1.165, 1.54) is 7.11 Å². The lowest BCUT2D eigenvalue weighted by Crippen LogP contribution is -2.34. The highest BCUT2D eigenvalue weighted by Crippen LogP contribution is 2.44. The molecule has 0 N–H and O–H groups in total. The van der Waals surface area contributed by atoms with Crippen LogP contribution in [-0.2, 0) is 6.42 Å². The van der Waals surface area contributed by atoms with Gasteiger partial charge in [-0.2, -0.15) is 0 Å². The second kappa shape index (κ2) is 8.97. The summed E-state index contributed by atoms with van der Waals surface area (Å²) in [4.78, 5) is 15.4. The van der Waals surface area contributed by atoms with Crippen LogP contribution in [0, 0.1) is 5.92 Å². The van der Waals surface area contributed by atoms with E-state index in [2.05, 4.69) is 23.6 Å². The van der Waals surface area contributed by atoms with Gasteiger partial charge in [0, 0.05) is 24.1 Å². The third-order valence-corrected chi connectivity index (χ3v) is 5.85. The number of nitrogens with zero attached hydrogens (tertiary/aromatic N) is 1. The number of rotatable bonds is 6. The van der Waals surface area contributed by atoms with Gasteiger partial charge in [-0.3, -0.25) is 9.69 Å². The largest absolute Gasteiger partial charge is 0.493 e. The fourth-order valence-electron chi connectivity index (χ4n) is 4.10. The van der Waals surface area contributed by atoms with Crippen molar-refractivity contribution in [2.45, 2.75) is 26.2 Å². The first-order valence-corrected chi connectivity index (χ1v) is 10.1. The molecular formula is C23H28ClNO3. The van der Waals surface area contributed by atoms with Crippen molar-refractivity contribution < 1.29 is 14.3 Å². The molecule has 1 aromatic rings. The van der Waals surface area contributed by atoms with Gasteiger partial charge >= 0.3 is 0 Å². The van der Waals surface area contributed by atoms with Gasteiger partial charge in [-0.05, 0) is 56.0 Å². The molecule has 1 saturated heterocycles. The highest BCUT2D eigenvalue weighted by atomic mass is 35.5. The third kappa shape index (κ3) is 4.18. The third-order valence-electron chi connectivity index (χ3n) is 5.49. The van der Waals surface area contributed by atoms with Crippen molar-refractivity contribution in [2.75, 3.05) is 33.9 Å². The maximum absolute atomic E-state index is 13.0. The van der Waals surface area contributed by atoms with Crippen LogP contribution >= 0.6 is 11.6 Å². The number of halogens is 1. The predicted octanol–water partition coefficient (Wildman–Crippen LogP) is 4.87. The maximum Gasteiger partial charge on any atom is 0.190 e. The molecule has 0 radical (unpaired) electrons. The topological polar surface area (TPSA) is 38.8 Å². The lowest BCUT2D eigenvalue weighted by atomic mass is 9.93. The second-order valence-corrected chi connectivity index (χ2v) is 7.81. The van der Waals surface area contributed by atoms with Crippen LogP contribution in [0.25, 0.3) is 0 Å². The van der Waals surface area contributed by atoms with E-state index in [1.807, 2.05) is 19.1 Å². The number of hydrogen-bond acceptors (Lipinski definition) is 4. The Hall–Kier alpha value is -2.04. The lowest BCUT2D eigenvalue weighted by Gasteiger charge is -2.31. The normalized spacial score (nSPS) is 19.4. The van der Waals surface area contributed by atoms with Crippen LogP contribution in [0.3, 0.4) is 0 Å². The van der Waals surface area contributed by atoms with Crippen molar-refractivity contribution in [1.82, 2.24) is 4.90 Å². The van der Waals surface area contributed by atoms with Gasteiger partial charge < -0.3 is 9.47 Å². The van der Waals surface area contributed by atoms with Crippen LogP contribution in [-0.4, -0.2) is 44.5 Å². The first-order valence-electron chi connectivity index (χ1n) is 9.70. The molecule has 0 bridgehead atoms. The summed E-state index contributed by atoms with van der Waals surface area (Å²) in [7, 11) is 3.11. The van der Waals surface area contributed by atoms with Gasteiger partial charge in [-0.1, -0.05) is 36.4 Å². The molecule has 0 atom stereocenters. The second-order valence-electron chi connectivity index (χ2n) is 7.43. The number of piperidine rings is 1. The number of ketones is 1. The first kappa shape index (κ1) is 20.7. The van der Waals surface area contributed by atoms with Gasteiger partial charge in [-0.25, -0.2) is 0 Å². The first-order chi connectivity index (χ1) is 13.5. The van der Waals surface area contributed by atoms with E-state index in [1.54, 1.807) is 7.11 Å². The van der Waals surface area contributed by atoms with Crippen LogP contribution in [0.2, 0.25) is 5.02 Å². The van der Waals surface area contributed by atoms with E-state index in [4.69, 9.17) is 21.1 Å². The van der Waals surface area contributed by atoms with Crippen LogP contribution < -0.4 is 9.47 Å². The summed E-state index contributed by atoms with van der Waals surface area (Å²) >= 11 is 6.46. The SMILES string of the molecule is C=C(/C=C\C)CN1CCC(/C=C2\Cc3cc(OC)c(OC)c(Cl)c3C2=O)CC1. The quantitative estimate of drug-likeness (QED) is 0.503. The zero-order valence-corrected chi connectivity index (χ0v) is 17.6. The minimum atomic E-state index is 0.0184. The van der Waals surface area contributed by atoms with Crippen molar-refractivity contribution >= 4 is 17.4 Å². The molecule has 0 amide bonds. The van der Waals surface area contributed by atoms with Crippen molar-refractivity contribution in [3.8, 4) is 11.5 Å². The average Bonchev–Trinajstić information content (AvgIpc) is 2.99. The molecule has 5 heteroatoms. The maximum atomic E-state index is 13.0. The zero-order chi connectivity index (χ0) is 20.3. The van der Waals surface area contributed by atoms with Crippen LogP contribution in [0.1, 0.15) is 35.7 Å². The Morgan fingerprint density at radius 3 is 2.64 bits per heavy atom. The molecule has 4 nitrogen and oxygen atoms in total. The Labute approximate surface area is 172 Å². The summed E-state index contributed by atoms with van der Waals surface area (Å²) in [5.74, 6) is 1.43. The molecule has 28 heavy (non-hydrogen) atoms. The molecule has 1 aliphatic heterocycles. The molecule has 1 aliphatic carbocycles. The monoisotopic (exact) mass is 401 g/mol. The fourth-order valence-corrected chi connectivity index (χ4v) is 4.48.